The predicted octanol–water partition coefficient (Wildman–Crippen LogP) is 1.71. The van der Waals surface area contributed by atoms with Gasteiger partial charge >= 0.3 is 0 Å². The van der Waals surface area contributed by atoms with E-state index in [0.29, 0.717) is 6.54 Å². The fraction of sp³-hybridized carbons (Fsp3) is 0.409. The Morgan fingerprint density at radius 2 is 1.93 bits per heavy atom. The van der Waals surface area contributed by atoms with Gasteiger partial charge in [-0.25, -0.2) is 4.39 Å². The van der Waals surface area contributed by atoms with Crippen molar-refractivity contribution in [1.29, 1.82) is 0 Å². The fourth-order valence-corrected chi connectivity index (χ4v) is 3.35. The Morgan fingerprint density at radius 1 is 1.24 bits per heavy atom. The molecule has 6 nitrogen and oxygen atoms in total. The van der Waals surface area contributed by atoms with Crippen LogP contribution in [-0.4, -0.2) is 52.4 Å². The van der Waals surface area contributed by atoms with Crippen molar-refractivity contribution in [1.82, 2.24) is 0 Å². The van der Waals surface area contributed by atoms with Gasteiger partial charge in [-0.2, -0.15) is 0 Å². The normalized spacial score (nSPS) is 16.2. The number of morpholine rings is 1. The summed E-state index contributed by atoms with van der Waals surface area (Å²) in [6.45, 7) is 5.64. The van der Waals surface area contributed by atoms with Crippen LogP contribution in [0, 0.1) is 5.82 Å². The molecule has 7 heteroatoms. The van der Waals surface area contributed by atoms with Gasteiger partial charge in [0.05, 0.1) is 27.4 Å². The molecule has 0 bridgehead atoms. The maximum Gasteiger partial charge on any atom is 0.282 e. The zero-order valence-corrected chi connectivity index (χ0v) is 17.2. The molecule has 2 N–H and O–H groups in total. The SMILES string of the molecule is COc1ccc(C[NH+](C)[C@H](C)C(=O)Nc2ccc(N3CCOCC3)cc2)cc1F. The van der Waals surface area contributed by atoms with Crippen LogP contribution in [0.5, 0.6) is 5.75 Å². The Hall–Kier alpha value is -2.64. The van der Waals surface area contributed by atoms with Crippen LogP contribution in [0.25, 0.3) is 0 Å². The third-order valence-corrected chi connectivity index (χ3v) is 5.34. The minimum Gasteiger partial charge on any atom is -0.494 e. The maximum atomic E-state index is 13.9. The van der Waals surface area contributed by atoms with Crippen molar-refractivity contribution in [3.8, 4) is 5.75 Å². The lowest BCUT2D eigenvalue weighted by atomic mass is 10.1. The number of nitrogens with one attached hydrogen (secondary N) is 2. The number of halogens is 1. The molecule has 29 heavy (non-hydrogen) atoms. The van der Waals surface area contributed by atoms with Gasteiger partial charge in [0, 0.05) is 30.0 Å². The van der Waals surface area contributed by atoms with Crippen LogP contribution in [0.1, 0.15) is 12.5 Å². The van der Waals surface area contributed by atoms with Crippen molar-refractivity contribution in [3.63, 3.8) is 0 Å². The average Bonchev–Trinajstić information content (AvgIpc) is 2.74. The number of carbonyl (C=O) groups excluding carboxylic acids is 1. The highest BCUT2D eigenvalue weighted by molar-refractivity contribution is 5.93. The summed E-state index contributed by atoms with van der Waals surface area (Å²) in [5, 5.41) is 2.97. The molecular formula is C22H29FN3O3+. The summed E-state index contributed by atoms with van der Waals surface area (Å²) in [4.78, 5) is 15.9. The van der Waals surface area contributed by atoms with E-state index in [4.69, 9.17) is 9.47 Å². The van der Waals surface area contributed by atoms with E-state index in [-0.39, 0.29) is 17.7 Å². The molecule has 3 rings (SSSR count). The molecule has 156 valence electrons. The molecule has 1 fully saturated rings. The Morgan fingerprint density at radius 3 is 2.55 bits per heavy atom. The number of hydrogen-bond donors (Lipinski definition) is 2. The van der Waals surface area contributed by atoms with E-state index in [2.05, 4.69) is 10.2 Å². The van der Waals surface area contributed by atoms with Gasteiger partial charge in [-0.1, -0.05) is 0 Å². The smallest absolute Gasteiger partial charge is 0.282 e. The minimum absolute atomic E-state index is 0.0735. The Bertz CT molecular complexity index is 823. The minimum atomic E-state index is -0.393. The summed E-state index contributed by atoms with van der Waals surface area (Å²) in [7, 11) is 3.36. The van der Waals surface area contributed by atoms with E-state index in [1.807, 2.05) is 44.3 Å². The van der Waals surface area contributed by atoms with E-state index in [0.717, 1.165) is 48.1 Å². The van der Waals surface area contributed by atoms with Crippen LogP contribution in [0.2, 0.25) is 0 Å². The number of anilines is 2. The number of likely N-dealkylation sites (N-methyl/N-ethyl adjacent to an activating group) is 1. The zero-order chi connectivity index (χ0) is 20.8. The highest BCUT2D eigenvalue weighted by Gasteiger charge is 2.22. The first-order chi connectivity index (χ1) is 14.0. The largest absolute Gasteiger partial charge is 0.494 e. The van der Waals surface area contributed by atoms with Gasteiger partial charge in [-0.05, 0) is 49.4 Å². The van der Waals surface area contributed by atoms with Crippen LogP contribution in [0.3, 0.4) is 0 Å². The topological polar surface area (TPSA) is 55.2 Å². The molecule has 0 spiro atoms. The average molecular weight is 402 g/mol. The van der Waals surface area contributed by atoms with Crippen LogP contribution >= 0.6 is 0 Å². The highest BCUT2D eigenvalue weighted by atomic mass is 19.1. The van der Waals surface area contributed by atoms with Crippen molar-refractivity contribution < 1.29 is 23.6 Å². The fourth-order valence-electron chi connectivity index (χ4n) is 3.35. The van der Waals surface area contributed by atoms with E-state index in [9.17, 15) is 9.18 Å². The number of carbonyl (C=O) groups is 1. The monoisotopic (exact) mass is 402 g/mol. The van der Waals surface area contributed by atoms with Gasteiger partial charge < -0.3 is 24.6 Å². The first kappa shape index (κ1) is 21.1. The van der Waals surface area contributed by atoms with Gasteiger partial charge in [-0.15, -0.1) is 0 Å². The lowest BCUT2D eigenvalue weighted by Gasteiger charge is -2.29. The molecule has 0 saturated carbocycles. The molecule has 0 aliphatic carbocycles. The van der Waals surface area contributed by atoms with Gasteiger partial charge in [-0.3, -0.25) is 4.79 Å². The molecule has 2 aromatic carbocycles. The molecular weight excluding hydrogens is 373 g/mol. The van der Waals surface area contributed by atoms with E-state index >= 15 is 0 Å². The lowest BCUT2D eigenvalue weighted by Crippen LogP contribution is -3.12. The van der Waals surface area contributed by atoms with E-state index in [1.165, 1.54) is 13.2 Å². The third kappa shape index (κ3) is 5.46. The quantitative estimate of drug-likeness (QED) is 0.741. The first-order valence-electron chi connectivity index (χ1n) is 9.86. The molecule has 1 aliphatic heterocycles. The standard InChI is InChI=1S/C22H28FN3O3/c1-16(25(2)15-17-4-9-21(28-3)20(23)14-17)22(27)24-18-5-7-19(8-6-18)26-10-12-29-13-11-26/h4-9,14,16H,10-13,15H2,1-3H3,(H,24,27)/p+1/t16-/m1/s1. The molecule has 0 radical (unpaired) electrons. The third-order valence-electron chi connectivity index (χ3n) is 5.34. The summed E-state index contributed by atoms with van der Waals surface area (Å²) in [6, 6.07) is 12.5. The highest BCUT2D eigenvalue weighted by Crippen LogP contribution is 2.19. The van der Waals surface area contributed by atoms with Crippen LogP contribution < -0.4 is 19.9 Å². The molecule has 1 saturated heterocycles. The summed E-state index contributed by atoms with van der Waals surface area (Å²) < 4.78 is 24.2. The number of methoxy groups -OCH3 is 1. The number of quaternary nitrogens is 1. The van der Waals surface area contributed by atoms with Crippen LogP contribution in [-0.2, 0) is 16.1 Å². The number of hydrogen-bond acceptors (Lipinski definition) is 4. The summed E-state index contributed by atoms with van der Waals surface area (Å²) >= 11 is 0. The maximum absolute atomic E-state index is 13.9. The van der Waals surface area contributed by atoms with Crippen molar-refractivity contribution >= 4 is 17.3 Å². The molecule has 1 amide bonds. The van der Waals surface area contributed by atoms with Crippen LogP contribution in [0.4, 0.5) is 15.8 Å². The first-order valence-corrected chi connectivity index (χ1v) is 9.86. The van der Waals surface area contributed by atoms with Gasteiger partial charge in [0.25, 0.3) is 5.91 Å². The molecule has 1 unspecified atom stereocenters. The molecule has 1 aliphatic rings. The Kier molecular flexibility index (Phi) is 7.06. The van der Waals surface area contributed by atoms with E-state index in [1.54, 1.807) is 6.07 Å². The molecule has 1 heterocycles. The number of ether oxygens (including phenoxy) is 2. The van der Waals surface area contributed by atoms with Crippen molar-refractivity contribution in [2.45, 2.75) is 19.5 Å². The lowest BCUT2D eigenvalue weighted by molar-refractivity contribution is -0.907. The van der Waals surface area contributed by atoms with Crippen molar-refractivity contribution in [2.24, 2.45) is 0 Å². The van der Waals surface area contributed by atoms with Gasteiger partial charge in [0.1, 0.15) is 6.54 Å². The second-order valence-corrected chi connectivity index (χ2v) is 7.35. The number of nitrogens with zero attached hydrogens (tertiary/aromatic N) is 1. The second kappa shape index (κ2) is 9.71. The van der Waals surface area contributed by atoms with Crippen molar-refractivity contribution in [2.75, 3.05) is 50.7 Å². The zero-order valence-electron chi connectivity index (χ0n) is 17.2. The number of amides is 1. The predicted molar refractivity (Wildman–Crippen MR) is 111 cm³/mol. The Balaban J connectivity index is 1.55. The number of rotatable bonds is 7. The van der Waals surface area contributed by atoms with Gasteiger partial charge in [0.2, 0.25) is 0 Å². The Labute approximate surface area is 171 Å². The summed E-state index contributed by atoms with van der Waals surface area (Å²) in [6.07, 6.45) is 0. The van der Waals surface area contributed by atoms with Crippen molar-refractivity contribution in [3.05, 3.63) is 53.8 Å². The summed E-state index contributed by atoms with van der Waals surface area (Å²) in [5.74, 6) is -0.247. The second-order valence-electron chi connectivity index (χ2n) is 7.35. The van der Waals surface area contributed by atoms with E-state index < -0.39 is 5.82 Å². The molecule has 0 aromatic heterocycles. The molecule has 2 aromatic rings. The van der Waals surface area contributed by atoms with Gasteiger partial charge in [0.15, 0.2) is 17.6 Å². The summed E-state index contributed by atoms with van der Waals surface area (Å²) in [5.41, 5.74) is 2.71. The van der Waals surface area contributed by atoms with Crippen LogP contribution in [0.15, 0.2) is 42.5 Å². The number of benzene rings is 2. The molecule has 2 atom stereocenters.